The van der Waals surface area contributed by atoms with E-state index >= 15 is 0 Å². The molecule has 2 N–H and O–H groups in total. The second-order valence-electron chi connectivity index (χ2n) is 9.28. The Morgan fingerprint density at radius 1 is 1.32 bits per heavy atom. The minimum Gasteiger partial charge on any atom is -0.330 e. The first-order chi connectivity index (χ1) is 14.9. The molecule has 0 spiro atoms. The van der Waals surface area contributed by atoms with Gasteiger partial charge in [-0.3, -0.25) is 14.5 Å². The number of nitriles is 1. The average Bonchev–Trinajstić information content (AvgIpc) is 3.11. The minimum atomic E-state index is -0.714. The molecule has 0 aromatic heterocycles. The molecule has 2 amide bonds. The van der Waals surface area contributed by atoms with Gasteiger partial charge in [-0.2, -0.15) is 5.26 Å². The number of carbonyl (C=O) groups is 2. The van der Waals surface area contributed by atoms with Crippen molar-refractivity contribution >= 4 is 17.5 Å². The lowest BCUT2D eigenvalue weighted by molar-refractivity contribution is -0.141. The van der Waals surface area contributed by atoms with Crippen molar-refractivity contribution in [2.75, 3.05) is 13.1 Å². The van der Waals surface area contributed by atoms with Gasteiger partial charge in [0.2, 0.25) is 11.8 Å². The summed E-state index contributed by atoms with van der Waals surface area (Å²) in [5, 5.41) is 9.35. The first-order valence-electron chi connectivity index (χ1n) is 10.9. The summed E-state index contributed by atoms with van der Waals surface area (Å²) in [5.41, 5.74) is 7.88. The molecule has 0 radical (unpaired) electrons. The van der Waals surface area contributed by atoms with Crippen molar-refractivity contribution in [1.82, 2.24) is 14.7 Å². The third-order valence-electron chi connectivity index (χ3n) is 7.49. The highest BCUT2D eigenvalue weighted by Gasteiger charge is 2.56. The molecule has 4 aliphatic rings. The largest absolute Gasteiger partial charge is 0.330 e. The predicted molar refractivity (Wildman–Crippen MR) is 112 cm³/mol. The van der Waals surface area contributed by atoms with Crippen molar-refractivity contribution in [3.05, 3.63) is 41.2 Å². The average molecular weight is 419 g/mol. The maximum atomic E-state index is 13.1. The number of hydrogen-bond donors (Lipinski definition) is 1. The minimum absolute atomic E-state index is 0.0625. The van der Waals surface area contributed by atoms with E-state index in [9.17, 15) is 14.9 Å². The summed E-state index contributed by atoms with van der Waals surface area (Å²) in [6.45, 7) is 10.2. The molecular weight excluding hydrogens is 392 g/mol. The van der Waals surface area contributed by atoms with Crippen molar-refractivity contribution in [1.29, 1.82) is 5.26 Å². The van der Waals surface area contributed by atoms with E-state index in [1.54, 1.807) is 17.0 Å². The zero-order chi connectivity index (χ0) is 21.9. The van der Waals surface area contributed by atoms with Crippen molar-refractivity contribution in [2.24, 2.45) is 11.7 Å². The maximum Gasteiger partial charge on any atom is 0.242 e. The number of nitrogens with zero attached hydrogens (tertiary/aromatic N) is 5. The van der Waals surface area contributed by atoms with Gasteiger partial charge in [-0.25, -0.2) is 4.85 Å². The first-order valence-corrected chi connectivity index (χ1v) is 10.9. The quantitative estimate of drug-likeness (QED) is 0.730. The van der Waals surface area contributed by atoms with Crippen molar-refractivity contribution in [3.8, 4) is 6.07 Å². The first kappa shape index (κ1) is 20.0. The molecule has 8 nitrogen and oxygen atoms in total. The molecule has 31 heavy (non-hydrogen) atoms. The van der Waals surface area contributed by atoms with E-state index in [2.05, 4.69) is 10.9 Å². The molecule has 5 rings (SSSR count). The van der Waals surface area contributed by atoms with Gasteiger partial charge >= 0.3 is 0 Å². The number of benzene rings is 1. The molecule has 1 unspecified atom stereocenters. The highest BCUT2D eigenvalue weighted by Crippen LogP contribution is 2.48. The van der Waals surface area contributed by atoms with Crippen LogP contribution in [0.3, 0.4) is 0 Å². The van der Waals surface area contributed by atoms with Crippen LogP contribution in [0.5, 0.6) is 0 Å². The molecule has 1 saturated carbocycles. The monoisotopic (exact) mass is 418 g/mol. The number of likely N-dealkylation sites (tertiary alicyclic amines) is 3. The van der Waals surface area contributed by atoms with Crippen LogP contribution in [0.2, 0.25) is 0 Å². The van der Waals surface area contributed by atoms with Crippen LogP contribution in [0.25, 0.3) is 4.85 Å². The molecule has 1 aliphatic carbocycles. The van der Waals surface area contributed by atoms with Crippen LogP contribution in [0.15, 0.2) is 24.3 Å². The molecule has 7 atom stereocenters. The molecule has 4 fully saturated rings. The summed E-state index contributed by atoms with van der Waals surface area (Å²) in [6.07, 6.45) is 2.49. The highest BCUT2D eigenvalue weighted by molar-refractivity contribution is 5.87. The molecule has 3 aliphatic heterocycles. The Labute approximate surface area is 182 Å². The van der Waals surface area contributed by atoms with Crippen LogP contribution in [0, 0.1) is 23.8 Å². The van der Waals surface area contributed by atoms with Crippen LogP contribution >= 0.6 is 0 Å². The Hall–Kier alpha value is -2.94. The Morgan fingerprint density at radius 3 is 2.71 bits per heavy atom. The molecule has 8 heteroatoms. The fourth-order valence-corrected chi connectivity index (χ4v) is 5.80. The molecule has 1 aromatic carbocycles. The maximum absolute atomic E-state index is 13.1. The Bertz CT molecular complexity index is 995. The SMILES string of the molecule is [C-]#[N+]c1ccc([C@H](C)N2C(=O)[C@@H]3C[C@H]2CN3C[C@H](N)C(=O)N2C3C[C@H]3C[C@H]2C#N)cc1. The standard InChI is InChI=1S/C23H26N6O2/c1-13(14-3-5-16(26-2)6-4-14)28-18-9-21(23(28)31)27(11-18)12-19(25)22(30)29-17(10-24)7-15-8-20(15)29/h3-6,13,15,17-21H,7-9,11-12,25H2,1H3/t13-,15+,17-,18-,19-,20?,21-/m0/s1. The third-order valence-corrected chi connectivity index (χ3v) is 7.49. The Balaban J connectivity index is 1.23. The molecule has 2 bridgehead atoms. The smallest absolute Gasteiger partial charge is 0.242 e. The number of rotatable bonds is 5. The number of hydrogen-bond acceptors (Lipinski definition) is 5. The normalized spacial score (nSPS) is 33.0. The summed E-state index contributed by atoms with van der Waals surface area (Å²) >= 11 is 0. The van der Waals surface area contributed by atoms with Crippen molar-refractivity contribution < 1.29 is 9.59 Å². The number of carbonyl (C=O) groups excluding carboxylic acids is 2. The van der Waals surface area contributed by atoms with Gasteiger partial charge in [-0.15, -0.1) is 0 Å². The highest BCUT2D eigenvalue weighted by atomic mass is 16.2. The van der Waals surface area contributed by atoms with E-state index in [0.717, 1.165) is 24.8 Å². The van der Waals surface area contributed by atoms with Crippen LogP contribution in [0.1, 0.15) is 37.8 Å². The molecular formula is C23H26N6O2. The number of piperazine rings is 1. The lowest BCUT2D eigenvalue weighted by atomic mass is 10.0. The van der Waals surface area contributed by atoms with E-state index in [1.807, 2.05) is 28.9 Å². The zero-order valence-electron chi connectivity index (χ0n) is 17.5. The summed E-state index contributed by atoms with van der Waals surface area (Å²) < 4.78 is 0. The van der Waals surface area contributed by atoms with E-state index in [4.69, 9.17) is 12.3 Å². The molecule has 3 heterocycles. The molecule has 1 aromatic rings. The van der Waals surface area contributed by atoms with Gasteiger partial charge in [0.15, 0.2) is 5.69 Å². The van der Waals surface area contributed by atoms with Gasteiger partial charge in [0.1, 0.15) is 6.04 Å². The van der Waals surface area contributed by atoms with Gasteiger partial charge in [-0.05, 0) is 37.7 Å². The Morgan fingerprint density at radius 2 is 2.06 bits per heavy atom. The summed E-state index contributed by atoms with van der Waals surface area (Å²) in [4.78, 5) is 35.2. The second-order valence-corrected chi connectivity index (χ2v) is 9.28. The lowest BCUT2D eigenvalue weighted by Gasteiger charge is -2.38. The number of amides is 2. The number of fused-ring (bicyclic) bond motifs is 3. The number of nitrogens with two attached hydrogens (primary N) is 1. The van der Waals surface area contributed by atoms with E-state index in [1.165, 1.54) is 0 Å². The summed E-state index contributed by atoms with van der Waals surface area (Å²) in [6, 6.07) is 8.54. The van der Waals surface area contributed by atoms with E-state index < -0.39 is 6.04 Å². The van der Waals surface area contributed by atoms with Gasteiger partial charge in [-0.1, -0.05) is 24.3 Å². The lowest BCUT2D eigenvalue weighted by Crippen LogP contribution is -2.57. The van der Waals surface area contributed by atoms with Gasteiger partial charge in [0.05, 0.1) is 30.8 Å². The van der Waals surface area contributed by atoms with Crippen LogP contribution < -0.4 is 5.73 Å². The van der Waals surface area contributed by atoms with Gasteiger partial charge in [0, 0.05) is 25.2 Å². The zero-order valence-corrected chi connectivity index (χ0v) is 17.5. The van der Waals surface area contributed by atoms with Crippen LogP contribution in [-0.2, 0) is 9.59 Å². The predicted octanol–water partition coefficient (Wildman–Crippen LogP) is 1.42. The van der Waals surface area contributed by atoms with E-state index in [0.29, 0.717) is 24.7 Å². The summed E-state index contributed by atoms with van der Waals surface area (Å²) in [7, 11) is 0. The van der Waals surface area contributed by atoms with Crippen LogP contribution in [0.4, 0.5) is 5.69 Å². The number of piperidine rings is 1. The third kappa shape index (κ3) is 3.18. The Kier molecular flexibility index (Phi) is 4.73. The second kappa shape index (κ2) is 7.33. The van der Waals surface area contributed by atoms with E-state index in [-0.39, 0.29) is 42.0 Å². The molecule has 160 valence electrons. The summed E-state index contributed by atoms with van der Waals surface area (Å²) in [5.74, 6) is 0.386. The van der Waals surface area contributed by atoms with Crippen molar-refractivity contribution in [2.45, 2.75) is 62.4 Å². The molecule has 3 saturated heterocycles. The fourth-order valence-electron chi connectivity index (χ4n) is 5.80. The van der Waals surface area contributed by atoms with Gasteiger partial charge in [0.25, 0.3) is 0 Å². The topological polar surface area (TPSA) is 98.0 Å². The van der Waals surface area contributed by atoms with Gasteiger partial charge < -0.3 is 15.5 Å². The van der Waals surface area contributed by atoms with Crippen LogP contribution in [-0.4, -0.2) is 69.8 Å². The fraction of sp³-hybridized carbons (Fsp3) is 0.565. The van der Waals surface area contributed by atoms with Crippen molar-refractivity contribution in [3.63, 3.8) is 0 Å².